The molecule has 0 heterocycles. The van der Waals surface area contributed by atoms with Crippen LogP contribution in [0.5, 0.6) is 0 Å². The van der Waals surface area contributed by atoms with Crippen molar-refractivity contribution in [3.05, 3.63) is 28.8 Å². The molecule has 0 amide bonds. The van der Waals surface area contributed by atoms with Crippen LogP contribution in [0.25, 0.3) is 0 Å². The highest BCUT2D eigenvalue weighted by Crippen LogP contribution is 2.43. The first-order chi connectivity index (χ1) is 12.8. The normalized spacial score (nSPS) is 17.3. The van der Waals surface area contributed by atoms with Gasteiger partial charge in [-0.25, -0.2) is 0 Å². The molecule has 0 aliphatic heterocycles. The van der Waals surface area contributed by atoms with E-state index < -0.39 is 0 Å². The first kappa shape index (κ1) is 22.8. The summed E-state index contributed by atoms with van der Waals surface area (Å²) in [5.41, 5.74) is 4.91. The van der Waals surface area contributed by atoms with E-state index in [-0.39, 0.29) is 0 Å². The number of rotatable bonds is 9. The molecule has 2 heteroatoms. The summed E-state index contributed by atoms with van der Waals surface area (Å²) in [6.07, 6.45) is 9.56. The third kappa shape index (κ3) is 6.00. The van der Waals surface area contributed by atoms with Gasteiger partial charge in [0.05, 0.1) is 6.61 Å². The van der Waals surface area contributed by atoms with Crippen LogP contribution in [0.2, 0.25) is 0 Å². The molecule has 1 saturated carbocycles. The van der Waals surface area contributed by atoms with Gasteiger partial charge in [-0.15, -0.1) is 0 Å². The Hall–Kier alpha value is -0.470. The van der Waals surface area contributed by atoms with E-state index in [4.69, 9.17) is 4.18 Å². The predicted octanol–water partition coefficient (Wildman–Crippen LogP) is 8.83. The van der Waals surface area contributed by atoms with Crippen molar-refractivity contribution in [1.82, 2.24) is 0 Å². The zero-order valence-electron chi connectivity index (χ0n) is 18.9. The smallest absolute Gasteiger partial charge is 0.0623 e. The first-order valence-electron chi connectivity index (χ1n) is 11.3. The van der Waals surface area contributed by atoms with Gasteiger partial charge in [-0.05, 0) is 59.1 Å². The van der Waals surface area contributed by atoms with E-state index in [1.165, 1.54) is 66.5 Å². The summed E-state index contributed by atoms with van der Waals surface area (Å²) >= 11 is 1.65. The van der Waals surface area contributed by atoms with Crippen LogP contribution in [-0.2, 0) is 4.18 Å². The molecule has 0 bridgehead atoms. The molecule has 2 rings (SSSR count). The van der Waals surface area contributed by atoms with Crippen molar-refractivity contribution in [1.29, 1.82) is 0 Å². The predicted molar refractivity (Wildman–Crippen MR) is 121 cm³/mol. The molecule has 1 nitrogen and oxygen atoms in total. The Kier molecular flexibility index (Phi) is 8.74. The third-order valence-corrected chi connectivity index (χ3v) is 7.52. The Labute approximate surface area is 173 Å². The minimum absolute atomic E-state index is 0.521. The van der Waals surface area contributed by atoms with E-state index in [9.17, 15) is 0 Å². The molecule has 0 aromatic heterocycles. The van der Waals surface area contributed by atoms with Gasteiger partial charge in [0.25, 0.3) is 0 Å². The van der Waals surface area contributed by atoms with Gasteiger partial charge >= 0.3 is 0 Å². The lowest BCUT2D eigenvalue weighted by molar-refractivity contribution is 0.138. The molecular formula is C25H42OS. The largest absolute Gasteiger partial charge is 0.310 e. The maximum absolute atomic E-state index is 6.25. The first-order valence-corrected chi connectivity index (χ1v) is 12.0. The van der Waals surface area contributed by atoms with Gasteiger partial charge in [0.15, 0.2) is 0 Å². The van der Waals surface area contributed by atoms with Gasteiger partial charge in [0, 0.05) is 16.9 Å². The number of hydrogen-bond acceptors (Lipinski definition) is 2. The Bertz CT molecular complexity index is 553. The molecule has 0 atom stereocenters. The molecule has 1 aliphatic rings. The van der Waals surface area contributed by atoms with Gasteiger partial charge in [0.1, 0.15) is 0 Å². The van der Waals surface area contributed by atoms with Gasteiger partial charge in [-0.3, -0.25) is 0 Å². The fraction of sp³-hybridized carbons (Fsp3) is 0.760. The van der Waals surface area contributed by atoms with Gasteiger partial charge in [-0.2, -0.15) is 0 Å². The quantitative estimate of drug-likeness (QED) is 0.307. The summed E-state index contributed by atoms with van der Waals surface area (Å²) < 4.78 is 6.25. The molecule has 0 saturated heterocycles. The lowest BCUT2D eigenvalue weighted by Crippen LogP contribution is -2.24. The molecule has 0 unspecified atom stereocenters. The van der Waals surface area contributed by atoms with Crippen LogP contribution in [-0.4, -0.2) is 6.61 Å². The maximum atomic E-state index is 6.25. The van der Waals surface area contributed by atoms with Gasteiger partial charge in [-0.1, -0.05) is 86.3 Å². The van der Waals surface area contributed by atoms with Crippen molar-refractivity contribution in [2.45, 2.75) is 116 Å². The Morgan fingerprint density at radius 3 is 1.89 bits per heavy atom. The Morgan fingerprint density at radius 2 is 1.44 bits per heavy atom. The number of hydrogen-bond donors (Lipinski definition) is 0. The van der Waals surface area contributed by atoms with E-state index in [1.54, 1.807) is 12.0 Å². The Morgan fingerprint density at radius 1 is 0.889 bits per heavy atom. The zero-order valence-corrected chi connectivity index (χ0v) is 19.7. The molecule has 1 fully saturated rings. The second kappa shape index (κ2) is 10.3. The summed E-state index contributed by atoms with van der Waals surface area (Å²) in [5, 5.41) is 0. The monoisotopic (exact) mass is 390 g/mol. The van der Waals surface area contributed by atoms with Crippen LogP contribution in [0.15, 0.2) is 17.0 Å². The summed E-state index contributed by atoms with van der Waals surface area (Å²) in [5.74, 6) is 1.61. The van der Waals surface area contributed by atoms with E-state index in [0.717, 1.165) is 6.61 Å². The zero-order chi connectivity index (χ0) is 20.0. The molecule has 1 aromatic rings. The lowest BCUT2D eigenvalue weighted by Gasteiger charge is -2.36. The van der Waals surface area contributed by atoms with Crippen molar-refractivity contribution in [3.63, 3.8) is 0 Å². The standard InChI is InChI=1S/C25H42OS/c1-8-25(12-10-9-11-13-25)14-15-26-27-24-22(19(4)5)16-21(18(2)3)17-23(24)20(6)7/h16-20H,8-15H2,1-7H3. The van der Waals surface area contributed by atoms with Crippen LogP contribution in [0.1, 0.15) is 128 Å². The third-order valence-electron chi connectivity index (χ3n) is 6.60. The second-order valence-corrected chi connectivity index (χ2v) is 10.4. The molecule has 1 aliphatic carbocycles. The van der Waals surface area contributed by atoms with Crippen molar-refractivity contribution >= 4 is 12.0 Å². The van der Waals surface area contributed by atoms with Crippen LogP contribution < -0.4 is 0 Å². The second-order valence-electron chi connectivity index (χ2n) is 9.56. The van der Waals surface area contributed by atoms with Crippen LogP contribution in [0.4, 0.5) is 0 Å². The highest BCUT2D eigenvalue weighted by Gasteiger charge is 2.29. The van der Waals surface area contributed by atoms with Crippen molar-refractivity contribution in [3.8, 4) is 0 Å². The molecule has 1 aromatic carbocycles. The molecule has 0 spiro atoms. The number of benzene rings is 1. The average molecular weight is 391 g/mol. The maximum Gasteiger partial charge on any atom is 0.0623 e. The molecule has 154 valence electrons. The summed E-state index contributed by atoms with van der Waals surface area (Å²) in [6.45, 7) is 17.1. The minimum Gasteiger partial charge on any atom is -0.310 e. The fourth-order valence-corrected chi connectivity index (χ4v) is 5.49. The van der Waals surface area contributed by atoms with Crippen LogP contribution in [0, 0.1) is 5.41 Å². The van der Waals surface area contributed by atoms with Crippen LogP contribution in [0.3, 0.4) is 0 Å². The van der Waals surface area contributed by atoms with Crippen molar-refractivity contribution in [2.75, 3.05) is 6.61 Å². The summed E-state index contributed by atoms with van der Waals surface area (Å²) in [6, 6.07) is 4.84. The summed E-state index contributed by atoms with van der Waals surface area (Å²) in [4.78, 5) is 1.37. The highest BCUT2D eigenvalue weighted by molar-refractivity contribution is 7.94. The SMILES string of the molecule is CCC1(CCOSc2c(C(C)C)cc(C(C)C)cc2C(C)C)CCCCC1. The summed E-state index contributed by atoms with van der Waals surface area (Å²) in [7, 11) is 0. The van der Waals surface area contributed by atoms with Gasteiger partial charge < -0.3 is 4.18 Å². The minimum atomic E-state index is 0.521. The van der Waals surface area contributed by atoms with E-state index in [1.807, 2.05) is 0 Å². The molecular weight excluding hydrogens is 348 g/mol. The molecule has 0 radical (unpaired) electrons. The van der Waals surface area contributed by atoms with E-state index in [2.05, 4.69) is 60.6 Å². The Balaban J connectivity index is 2.12. The fourth-order valence-electron chi connectivity index (χ4n) is 4.43. The van der Waals surface area contributed by atoms with Crippen LogP contribution >= 0.6 is 12.0 Å². The highest BCUT2D eigenvalue weighted by atomic mass is 32.2. The molecule has 27 heavy (non-hydrogen) atoms. The lowest BCUT2D eigenvalue weighted by atomic mass is 9.70. The van der Waals surface area contributed by atoms with E-state index >= 15 is 0 Å². The van der Waals surface area contributed by atoms with Gasteiger partial charge in [0.2, 0.25) is 0 Å². The topological polar surface area (TPSA) is 9.23 Å². The molecule has 0 N–H and O–H groups in total. The average Bonchev–Trinajstić information content (AvgIpc) is 2.65. The van der Waals surface area contributed by atoms with Crippen molar-refractivity contribution < 1.29 is 4.18 Å². The van der Waals surface area contributed by atoms with Crippen molar-refractivity contribution in [2.24, 2.45) is 5.41 Å². The van der Waals surface area contributed by atoms with E-state index in [0.29, 0.717) is 23.2 Å².